The number of carbonyl (C=O) groups excluding carboxylic acids is 1. The number of nitrogens with one attached hydrogen (secondary N) is 1. The predicted octanol–water partition coefficient (Wildman–Crippen LogP) is 1.54. The van der Waals surface area contributed by atoms with Gasteiger partial charge in [-0.3, -0.25) is 13.6 Å². The van der Waals surface area contributed by atoms with E-state index in [0.29, 0.717) is 23.8 Å². The summed E-state index contributed by atoms with van der Waals surface area (Å²) in [6.07, 6.45) is 5.03. The van der Waals surface area contributed by atoms with Crippen molar-refractivity contribution >= 4 is 16.7 Å². The summed E-state index contributed by atoms with van der Waals surface area (Å²) < 4.78 is 13.4. The Balaban J connectivity index is 1.96. The van der Waals surface area contributed by atoms with Crippen LogP contribution in [0.5, 0.6) is 0 Å². The summed E-state index contributed by atoms with van der Waals surface area (Å²) in [4.78, 5) is 20.4. The van der Waals surface area contributed by atoms with E-state index < -0.39 is 10.8 Å². The fourth-order valence-electron chi connectivity index (χ4n) is 1.74. The van der Waals surface area contributed by atoms with Gasteiger partial charge in [0.05, 0.1) is 0 Å². The zero-order valence-corrected chi connectivity index (χ0v) is 13.8. The van der Waals surface area contributed by atoms with Gasteiger partial charge in [-0.15, -0.1) is 0 Å². The number of pyridine rings is 1. The monoisotopic (exact) mass is 320 g/mol. The van der Waals surface area contributed by atoms with E-state index in [9.17, 15) is 9.00 Å². The van der Waals surface area contributed by atoms with Crippen molar-refractivity contribution in [2.24, 2.45) is 0 Å². The highest BCUT2D eigenvalue weighted by atomic mass is 32.2. The van der Waals surface area contributed by atoms with Crippen LogP contribution in [0.3, 0.4) is 0 Å². The van der Waals surface area contributed by atoms with Crippen LogP contribution in [0.1, 0.15) is 31.3 Å². The number of imidazole rings is 1. The smallest absolute Gasteiger partial charge is 0.269 e. The normalized spacial score (nSPS) is 12.9. The quantitative estimate of drug-likeness (QED) is 0.906. The van der Waals surface area contributed by atoms with Gasteiger partial charge in [0.2, 0.25) is 0 Å². The van der Waals surface area contributed by atoms with E-state index in [-0.39, 0.29) is 10.7 Å². The van der Waals surface area contributed by atoms with E-state index in [0.717, 1.165) is 0 Å². The second kappa shape index (κ2) is 6.83. The van der Waals surface area contributed by atoms with Gasteiger partial charge >= 0.3 is 0 Å². The summed E-state index contributed by atoms with van der Waals surface area (Å²) in [5, 5.41) is 2.76. The van der Waals surface area contributed by atoms with Crippen LogP contribution in [0.4, 0.5) is 0 Å². The molecule has 0 bridgehead atoms. The van der Waals surface area contributed by atoms with Crippen molar-refractivity contribution in [1.29, 1.82) is 0 Å². The molecule has 7 heteroatoms. The Morgan fingerprint density at radius 1 is 1.36 bits per heavy atom. The van der Waals surface area contributed by atoms with Gasteiger partial charge in [0.15, 0.2) is 0 Å². The third kappa shape index (κ3) is 4.24. The molecule has 0 spiro atoms. The number of rotatable bonds is 5. The van der Waals surface area contributed by atoms with Crippen molar-refractivity contribution in [2.75, 3.05) is 12.3 Å². The van der Waals surface area contributed by atoms with E-state index in [4.69, 9.17) is 0 Å². The number of aromatic nitrogens is 3. The lowest BCUT2D eigenvalue weighted by atomic mass is 10.3. The number of amides is 1. The molecule has 0 radical (unpaired) electrons. The first-order valence-electron chi connectivity index (χ1n) is 7.00. The van der Waals surface area contributed by atoms with Crippen molar-refractivity contribution < 1.29 is 9.00 Å². The molecule has 0 saturated carbocycles. The summed E-state index contributed by atoms with van der Waals surface area (Å²) in [6.45, 7) is 6.11. The average molecular weight is 320 g/mol. The Morgan fingerprint density at radius 2 is 2.14 bits per heavy atom. The van der Waals surface area contributed by atoms with Gasteiger partial charge in [0.25, 0.3) is 5.91 Å². The SMILES string of the molecule is CC(C)(C)[S@](=O)CCNC(=O)c1cccc(-n2ccnc2)n1. The van der Waals surface area contributed by atoms with Crippen molar-refractivity contribution in [3.8, 4) is 5.82 Å². The minimum absolute atomic E-state index is 0.270. The highest BCUT2D eigenvalue weighted by molar-refractivity contribution is 7.86. The van der Waals surface area contributed by atoms with Crippen LogP contribution in [-0.2, 0) is 10.8 Å². The highest BCUT2D eigenvalue weighted by Gasteiger charge is 2.19. The maximum absolute atomic E-state index is 12.1. The van der Waals surface area contributed by atoms with Gasteiger partial charge in [0, 0.05) is 40.2 Å². The van der Waals surface area contributed by atoms with Gasteiger partial charge in [0.1, 0.15) is 17.8 Å². The molecule has 1 N–H and O–H groups in total. The second-order valence-electron chi connectivity index (χ2n) is 5.77. The topological polar surface area (TPSA) is 76.9 Å². The maximum atomic E-state index is 12.1. The third-order valence-electron chi connectivity index (χ3n) is 2.99. The summed E-state index contributed by atoms with van der Waals surface area (Å²) >= 11 is 0. The summed E-state index contributed by atoms with van der Waals surface area (Å²) in [5.74, 6) is 0.785. The molecule has 0 fully saturated rings. The van der Waals surface area contributed by atoms with Gasteiger partial charge in [-0.25, -0.2) is 9.97 Å². The average Bonchev–Trinajstić information content (AvgIpc) is 3.00. The molecule has 118 valence electrons. The molecule has 2 rings (SSSR count). The summed E-state index contributed by atoms with van der Waals surface area (Å²) in [6, 6.07) is 5.22. The standard InChI is InChI=1S/C15H20N4O2S/c1-15(2,3)22(21)10-8-17-14(20)12-5-4-6-13(18-12)19-9-7-16-11-19/h4-7,9,11H,8,10H2,1-3H3,(H,17,20)/t22-/m1/s1. The Hall–Kier alpha value is -2.02. The summed E-state index contributed by atoms with van der Waals surface area (Å²) in [7, 11) is -0.986. The predicted molar refractivity (Wildman–Crippen MR) is 86.5 cm³/mol. The van der Waals surface area contributed by atoms with Crippen molar-refractivity contribution in [1.82, 2.24) is 19.9 Å². The molecular weight excluding hydrogens is 300 g/mol. The number of hydrogen-bond acceptors (Lipinski definition) is 4. The molecule has 0 aromatic carbocycles. The number of carbonyl (C=O) groups is 1. The molecule has 0 aliphatic carbocycles. The molecule has 22 heavy (non-hydrogen) atoms. The lowest BCUT2D eigenvalue weighted by Gasteiger charge is -2.17. The largest absolute Gasteiger partial charge is 0.350 e. The Kier molecular flexibility index (Phi) is 5.07. The molecular formula is C15H20N4O2S. The number of hydrogen-bond donors (Lipinski definition) is 1. The lowest BCUT2D eigenvalue weighted by molar-refractivity contribution is 0.0951. The van der Waals surface area contributed by atoms with E-state index >= 15 is 0 Å². The van der Waals surface area contributed by atoms with Gasteiger partial charge in [-0.2, -0.15) is 0 Å². The van der Waals surface area contributed by atoms with Crippen LogP contribution in [0.2, 0.25) is 0 Å². The maximum Gasteiger partial charge on any atom is 0.269 e. The zero-order chi connectivity index (χ0) is 16.2. The van der Waals surface area contributed by atoms with Gasteiger partial charge in [-0.05, 0) is 32.9 Å². The molecule has 2 heterocycles. The van der Waals surface area contributed by atoms with Crippen molar-refractivity contribution in [3.63, 3.8) is 0 Å². The van der Waals surface area contributed by atoms with Crippen LogP contribution >= 0.6 is 0 Å². The first-order valence-corrected chi connectivity index (χ1v) is 8.32. The van der Waals surface area contributed by atoms with Crippen LogP contribution in [0.25, 0.3) is 5.82 Å². The van der Waals surface area contributed by atoms with Crippen LogP contribution in [0.15, 0.2) is 36.9 Å². The minimum atomic E-state index is -0.986. The molecule has 0 aliphatic heterocycles. The molecule has 1 atom stereocenters. The molecule has 2 aromatic heterocycles. The Bertz CT molecular complexity index is 662. The first kappa shape index (κ1) is 16.4. The molecule has 0 unspecified atom stereocenters. The third-order valence-corrected chi connectivity index (χ3v) is 4.93. The second-order valence-corrected chi connectivity index (χ2v) is 8.09. The van der Waals surface area contributed by atoms with Crippen LogP contribution < -0.4 is 5.32 Å². The van der Waals surface area contributed by atoms with E-state index in [1.54, 1.807) is 41.5 Å². The van der Waals surface area contributed by atoms with Crippen LogP contribution in [0, 0.1) is 0 Å². The fraction of sp³-hybridized carbons (Fsp3) is 0.400. The zero-order valence-electron chi connectivity index (χ0n) is 12.9. The first-order chi connectivity index (χ1) is 10.4. The molecule has 6 nitrogen and oxygen atoms in total. The highest BCUT2D eigenvalue weighted by Crippen LogP contribution is 2.10. The number of nitrogens with zero attached hydrogens (tertiary/aromatic N) is 3. The fourth-order valence-corrected chi connectivity index (χ4v) is 2.64. The summed E-state index contributed by atoms with van der Waals surface area (Å²) in [5.41, 5.74) is 0.327. The molecule has 0 aliphatic rings. The van der Waals surface area contributed by atoms with Gasteiger partial charge in [-0.1, -0.05) is 6.07 Å². The lowest BCUT2D eigenvalue weighted by Crippen LogP contribution is -2.33. The molecule has 0 saturated heterocycles. The van der Waals surface area contributed by atoms with Gasteiger partial charge < -0.3 is 5.32 Å². The minimum Gasteiger partial charge on any atom is -0.350 e. The van der Waals surface area contributed by atoms with Crippen molar-refractivity contribution in [2.45, 2.75) is 25.5 Å². The van der Waals surface area contributed by atoms with E-state index in [2.05, 4.69) is 15.3 Å². The van der Waals surface area contributed by atoms with E-state index in [1.165, 1.54) is 0 Å². The van der Waals surface area contributed by atoms with Crippen LogP contribution in [-0.4, -0.2) is 41.7 Å². The Labute approximate surface area is 132 Å². The molecule has 1 amide bonds. The molecule has 2 aromatic rings. The van der Waals surface area contributed by atoms with Crippen molar-refractivity contribution in [3.05, 3.63) is 42.6 Å². The Morgan fingerprint density at radius 3 is 2.77 bits per heavy atom. The van der Waals surface area contributed by atoms with E-state index in [1.807, 2.05) is 20.8 Å².